The molecule has 146 valence electrons. The molecule has 3 aromatic rings. The number of hydrogen-bond acceptors (Lipinski definition) is 7. The Morgan fingerprint density at radius 3 is 2.75 bits per heavy atom. The zero-order valence-corrected chi connectivity index (χ0v) is 16.2. The number of para-hydroxylation sites is 1. The number of hydrogen-bond donors (Lipinski definition) is 2. The quantitative estimate of drug-likeness (QED) is 0.714. The first-order valence-corrected chi connectivity index (χ1v) is 9.39. The highest BCUT2D eigenvalue weighted by atomic mass is 16.3. The normalized spacial score (nSPS) is 17.8. The summed E-state index contributed by atoms with van der Waals surface area (Å²) in [6.45, 7) is 5.61. The Morgan fingerprint density at radius 1 is 1.21 bits per heavy atom. The van der Waals surface area contributed by atoms with Crippen LogP contribution in [0, 0.1) is 0 Å². The third-order valence-corrected chi connectivity index (χ3v) is 5.35. The Labute approximate surface area is 164 Å². The number of imidazole rings is 1. The van der Waals surface area contributed by atoms with Gasteiger partial charge in [-0.15, -0.1) is 10.2 Å². The van der Waals surface area contributed by atoms with Crippen LogP contribution in [0.25, 0.3) is 11.3 Å². The first kappa shape index (κ1) is 18.2. The van der Waals surface area contributed by atoms with Crippen molar-refractivity contribution in [2.75, 3.05) is 30.3 Å². The fourth-order valence-electron chi connectivity index (χ4n) is 3.65. The zero-order chi connectivity index (χ0) is 19.7. The third kappa shape index (κ3) is 3.50. The molecule has 3 N–H and O–H groups in total. The number of nitrogen functional groups attached to an aromatic ring is 1. The van der Waals surface area contributed by atoms with Crippen LogP contribution in [-0.2, 0) is 13.6 Å². The van der Waals surface area contributed by atoms with E-state index >= 15 is 0 Å². The summed E-state index contributed by atoms with van der Waals surface area (Å²) in [5, 5.41) is 18.4. The van der Waals surface area contributed by atoms with Crippen LogP contribution in [0.2, 0.25) is 0 Å². The number of aromatic hydroxyl groups is 1. The molecule has 8 heteroatoms. The van der Waals surface area contributed by atoms with Crippen molar-refractivity contribution >= 4 is 11.5 Å². The van der Waals surface area contributed by atoms with Gasteiger partial charge in [-0.3, -0.25) is 4.90 Å². The number of aryl methyl sites for hydroxylation is 1. The molecule has 8 nitrogen and oxygen atoms in total. The second-order valence-corrected chi connectivity index (χ2v) is 7.24. The molecule has 0 aliphatic carbocycles. The van der Waals surface area contributed by atoms with Crippen LogP contribution < -0.4 is 10.6 Å². The lowest BCUT2D eigenvalue weighted by molar-refractivity contribution is 0.175. The Hall–Kier alpha value is -3.13. The molecule has 0 saturated carbocycles. The van der Waals surface area contributed by atoms with Crippen LogP contribution in [0.15, 0.2) is 42.7 Å². The molecule has 0 radical (unpaired) electrons. The maximum Gasteiger partial charge on any atom is 0.169 e. The van der Waals surface area contributed by atoms with E-state index in [0.717, 1.165) is 37.7 Å². The molecule has 1 aliphatic heterocycles. The van der Waals surface area contributed by atoms with E-state index in [2.05, 4.69) is 36.5 Å². The number of phenolic OH excluding ortho intramolecular Hbond substituents is 1. The highest BCUT2D eigenvalue weighted by Crippen LogP contribution is 2.32. The van der Waals surface area contributed by atoms with E-state index in [4.69, 9.17) is 5.73 Å². The summed E-state index contributed by atoms with van der Waals surface area (Å²) in [4.78, 5) is 9.10. The molecule has 1 saturated heterocycles. The van der Waals surface area contributed by atoms with Crippen molar-refractivity contribution in [3.05, 3.63) is 48.5 Å². The number of phenols is 1. The standard InChI is InChI=1S/C20H25N7O/c1-14-12-27(10-9-26(14)13-19-22-7-8-25(19)2)17-11-16(23-24-20(17)21)15-5-3-4-6-18(15)28/h3-8,11,14,28H,9-10,12-13H2,1-2H3,(H2,21,24)/t14-/m1/s1. The SMILES string of the molecule is C[C@@H]1CN(c2cc(-c3ccccc3O)nnc2N)CCN1Cc1nccn1C. The van der Waals surface area contributed by atoms with Crippen molar-refractivity contribution < 1.29 is 5.11 Å². The molecule has 1 aliphatic rings. The third-order valence-electron chi connectivity index (χ3n) is 5.35. The molecule has 28 heavy (non-hydrogen) atoms. The number of benzene rings is 1. The number of rotatable bonds is 4. The lowest BCUT2D eigenvalue weighted by atomic mass is 10.1. The van der Waals surface area contributed by atoms with E-state index in [1.54, 1.807) is 12.1 Å². The number of nitrogens with two attached hydrogens (primary N) is 1. The van der Waals surface area contributed by atoms with Crippen LogP contribution in [0.5, 0.6) is 5.75 Å². The molecule has 0 unspecified atom stereocenters. The van der Waals surface area contributed by atoms with E-state index in [0.29, 0.717) is 23.1 Å². The van der Waals surface area contributed by atoms with Gasteiger partial charge in [0.15, 0.2) is 5.82 Å². The predicted molar refractivity (Wildman–Crippen MR) is 109 cm³/mol. The van der Waals surface area contributed by atoms with Gasteiger partial charge < -0.3 is 20.3 Å². The van der Waals surface area contributed by atoms with Gasteiger partial charge in [0.1, 0.15) is 11.6 Å². The average Bonchev–Trinajstić information content (AvgIpc) is 3.09. The minimum atomic E-state index is 0.181. The Morgan fingerprint density at radius 2 is 2.04 bits per heavy atom. The molecule has 0 amide bonds. The maximum atomic E-state index is 10.1. The summed E-state index contributed by atoms with van der Waals surface area (Å²) in [5.41, 5.74) is 8.27. The largest absolute Gasteiger partial charge is 0.507 e. The lowest BCUT2D eigenvalue weighted by Crippen LogP contribution is -2.51. The van der Waals surface area contributed by atoms with Crippen LogP contribution in [0.4, 0.5) is 11.5 Å². The fraction of sp³-hybridized carbons (Fsp3) is 0.350. The zero-order valence-electron chi connectivity index (χ0n) is 16.2. The van der Waals surface area contributed by atoms with Crippen molar-refractivity contribution in [1.29, 1.82) is 0 Å². The van der Waals surface area contributed by atoms with Crippen molar-refractivity contribution in [1.82, 2.24) is 24.6 Å². The Balaban J connectivity index is 1.53. The van der Waals surface area contributed by atoms with E-state index in [-0.39, 0.29) is 5.75 Å². The summed E-state index contributed by atoms with van der Waals surface area (Å²) >= 11 is 0. The minimum Gasteiger partial charge on any atom is -0.507 e. The van der Waals surface area contributed by atoms with Gasteiger partial charge in [-0.1, -0.05) is 12.1 Å². The Bertz CT molecular complexity index is 971. The molecule has 0 spiro atoms. The summed E-state index contributed by atoms with van der Waals surface area (Å²) in [5.74, 6) is 1.65. The number of piperazine rings is 1. The number of anilines is 2. The molecule has 4 rings (SSSR count). The first-order chi connectivity index (χ1) is 13.5. The van der Waals surface area contributed by atoms with Gasteiger partial charge in [0.2, 0.25) is 0 Å². The van der Waals surface area contributed by atoms with Crippen molar-refractivity contribution in [3.8, 4) is 17.0 Å². The Kier molecular flexibility index (Phi) is 4.87. The predicted octanol–water partition coefficient (Wildman–Crippen LogP) is 1.88. The second kappa shape index (κ2) is 7.47. The van der Waals surface area contributed by atoms with Gasteiger partial charge in [-0.05, 0) is 25.1 Å². The summed E-state index contributed by atoms with van der Waals surface area (Å²) < 4.78 is 2.06. The van der Waals surface area contributed by atoms with Crippen LogP contribution in [0.3, 0.4) is 0 Å². The van der Waals surface area contributed by atoms with Crippen molar-refractivity contribution in [3.63, 3.8) is 0 Å². The van der Waals surface area contributed by atoms with E-state index in [1.807, 2.05) is 37.6 Å². The minimum absolute atomic E-state index is 0.181. The van der Waals surface area contributed by atoms with Crippen LogP contribution in [0.1, 0.15) is 12.7 Å². The average molecular weight is 379 g/mol. The maximum absolute atomic E-state index is 10.1. The van der Waals surface area contributed by atoms with Crippen molar-refractivity contribution in [2.24, 2.45) is 7.05 Å². The van der Waals surface area contributed by atoms with E-state index < -0.39 is 0 Å². The van der Waals surface area contributed by atoms with Gasteiger partial charge in [-0.2, -0.15) is 0 Å². The van der Waals surface area contributed by atoms with Crippen LogP contribution >= 0.6 is 0 Å². The molecule has 3 heterocycles. The fourth-order valence-corrected chi connectivity index (χ4v) is 3.65. The van der Waals surface area contributed by atoms with Crippen LogP contribution in [-0.4, -0.2) is 55.4 Å². The van der Waals surface area contributed by atoms with Crippen molar-refractivity contribution in [2.45, 2.75) is 19.5 Å². The highest BCUT2D eigenvalue weighted by Gasteiger charge is 2.26. The lowest BCUT2D eigenvalue weighted by Gasteiger charge is -2.40. The molecule has 2 aromatic heterocycles. The van der Waals surface area contributed by atoms with E-state index in [1.165, 1.54) is 0 Å². The molecular weight excluding hydrogens is 354 g/mol. The molecule has 0 bridgehead atoms. The number of nitrogens with zero attached hydrogens (tertiary/aromatic N) is 6. The second-order valence-electron chi connectivity index (χ2n) is 7.24. The molecule has 1 fully saturated rings. The van der Waals surface area contributed by atoms with Gasteiger partial charge in [-0.25, -0.2) is 4.98 Å². The monoisotopic (exact) mass is 379 g/mol. The highest BCUT2D eigenvalue weighted by molar-refractivity contribution is 5.74. The summed E-state index contributed by atoms with van der Waals surface area (Å²) in [6, 6.07) is 9.38. The molecule has 1 atom stereocenters. The molecule has 1 aromatic carbocycles. The first-order valence-electron chi connectivity index (χ1n) is 9.39. The van der Waals surface area contributed by atoms with E-state index in [9.17, 15) is 5.11 Å². The number of aromatic nitrogens is 4. The summed E-state index contributed by atoms with van der Waals surface area (Å²) in [6.07, 6.45) is 3.81. The topological polar surface area (TPSA) is 96.3 Å². The van der Waals surface area contributed by atoms with Gasteiger partial charge >= 0.3 is 0 Å². The summed E-state index contributed by atoms with van der Waals surface area (Å²) in [7, 11) is 2.02. The van der Waals surface area contributed by atoms with Gasteiger partial charge in [0.25, 0.3) is 0 Å². The molecular formula is C20H25N7O. The van der Waals surface area contributed by atoms with Gasteiger partial charge in [0.05, 0.1) is 17.9 Å². The smallest absolute Gasteiger partial charge is 0.169 e. The van der Waals surface area contributed by atoms with Gasteiger partial charge in [0, 0.05) is 50.7 Å².